The highest BCUT2D eigenvalue weighted by atomic mass is 14.7. The van der Waals surface area contributed by atoms with Gasteiger partial charge in [0.25, 0.3) is 0 Å². The fourth-order valence-corrected chi connectivity index (χ4v) is 4.86. The number of H-pyrrole nitrogens is 2. The molecule has 2 heteroatoms. The molecule has 0 radical (unpaired) electrons. The summed E-state index contributed by atoms with van der Waals surface area (Å²) in [5, 5.41) is 5.22. The summed E-state index contributed by atoms with van der Waals surface area (Å²) in [5.41, 5.74) is 7.40. The maximum atomic E-state index is 3.38. The number of nitrogens with one attached hydrogen (secondary N) is 2. The van der Waals surface area contributed by atoms with E-state index < -0.39 is 0 Å². The molecular weight excluding hydrogens is 460 g/mol. The number of hydrogen-bond acceptors (Lipinski definition) is 0. The fourth-order valence-electron chi connectivity index (χ4n) is 4.86. The highest BCUT2D eigenvalue weighted by Gasteiger charge is 2.01. The maximum absolute atomic E-state index is 3.38. The van der Waals surface area contributed by atoms with Crippen molar-refractivity contribution in [2.24, 2.45) is 0 Å². The number of hydrogen-bond donors (Lipinski definition) is 2. The molecule has 0 aliphatic heterocycles. The van der Waals surface area contributed by atoms with Crippen LogP contribution in [0.1, 0.15) is 0 Å². The average Bonchev–Trinajstić information content (AvgIpc) is 3.57. The first kappa shape index (κ1) is 23.3. The highest BCUT2D eigenvalue weighted by Crippen LogP contribution is 2.25. The Bertz CT molecular complexity index is 1670. The molecule has 0 saturated heterocycles. The van der Waals surface area contributed by atoms with E-state index >= 15 is 0 Å². The quantitative estimate of drug-likeness (QED) is 0.230. The van der Waals surface area contributed by atoms with Crippen molar-refractivity contribution in [1.82, 2.24) is 9.97 Å². The smallest absolute Gasteiger partial charge is 0.0464 e. The number of aromatic nitrogens is 2. The Kier molecular flexibility index (Phi) is 6.69. The molecule has 0 fully saturated rings. The Morgan fingerprint density at radius 3 is 0.763 bits per heavy atom. The van der Waals surface area contributed by atoms with Crippen LogP contribution in [0.2, 0.25) is 0 Å². The molecule has 6 aromatic carbocycles. The lowest BCUT2D eigenvalue weighted by atomic mass is 10.1. The Hall–Kier alpha value is -5.08. The average molecular weight is 489 g/mol. The van der Waals surface area contributed by atoms with E-state index in [-0.39, 0.29) is 0 Å². The zero-order chi connectivity index (χ0) is 25.6. The van der Waals surface area contributed by atoms with Crippen LogP contribution < -0.4 is 0 Å². The van der Waals surface area contributed by atoms with Crippen molar-refractivity contribution in [1.29, 1.82) is 0 Å². The Morgan fingerprint density at radius 2 is 0.474 bits per heavy atom. The van der Waals surface area contributed by atoms with Gasteiger partial charge in [-0.1, -0.05) is 133 Å². The van der Waals surface area contributed by atoms with Gasteiger partial charge >= 0.3 is 0 Å². The lowest BCUT2D eigenvalue weighted by Crippen LogP contribution is -1.73. The van der Waals surface area contributed by atoms with Gasteiger partial charge in [-0.25, -0.2) is 0 Å². The van der Waals surface area contributed by atoms with Crippen LogP contribution in [-0.4, -0.2) is 9.97 Å². The number of fused-ring (bicyclic) bond motifs is 6. The van der Waals surface area contributed by atoms with Gasteiger partial charge in [0.2, 0.25) is 0 Å². The highest BCUT2D eigenvalue weighted by molar-refractivity contribution is 6.07. The second-order valence-electron chi connectivity index (χ2n) is 9.16. The van der Waals surface area contributed by atoms with Gasteiger partial charge in [-0.3, -0.25) is 0 Å². The molecule has 2 heterocycles. The van der Waals surface area contributed by atoms with Gasteiger partial charge in [-0.2, -0.15) is 0 Å². The second kappa shape index (κ2) is 10.9. The fraction of sp³-hybridized carbons (Fsp3) is 0. The van der Waals surface area contributed by atoms with Crippen molar-refractivity contribution in [2.75, 3.05) is 0 Å². The summed E-state index contributed by atoms with van der Waals surface area (Å²) < 4.78 is 0. The molecule has 0 aliphatic carbocycles. The summed E-state index contributed by atoms with van der Waals surface area (Å²) in [7, 11) is 0. The van der Waals surface area contributed by atoms with Crippen LogP contribution in [0.15, 0.2) is 158 Å². The van der Waals surface area contributed by atoms with Crippen LogP contribution in [-0.2, 0) is 0 Å². The minimum atomic E-state index is 1.21. The molecule has 2 N–H and O–H groups in total. The summed E-state index contributed by atoms with van der Waals surface area (Å²) in [6.07, 6.45) is 0. The van der Waals surface area contributed by atoms with Crippen molar-refractivity contribution >= 4 is 43.6 Å². The van der Waals surface area contributed by atoms with Crippen molar-refractivity contribution in [3.8, 4) is 11.1 Å². The van der Waals surface area contributed by atoms with Crippen LogP contribution in [0, 0.1) is 0 Å². The first-order chi connectivity index (χ1) is 18.9. The van der Waals surface area contributed by atoms with Gasteiger partial charge in [0, 0.05) is 43.6 Å². The first-order valence-corrected chi connectivity index (χ1v) is 12.9. The molecule has 0 saturated carbocycles. The molecule has 38 heavy (non-hydrogen) atoms. The number of benzene rings is 6. The summed E-state index contributed by atoms with van der Waals surface area (Å²) in [5.74, 6) is 0. The largest absolute Gasteiger partial charge is 0.355 e. The zero-order valence-electron chi connectivity index (χ0n) is 21.0. The van der Waals surface area contributed by atoms with Gasteiger partial charge in [-0.15, -0.1) is 0 Å². The van der Waals surface area contributed by atoms with Gasteiger partial charge < -0.3 is 9.97 Å². The zero-order valence-corrected chi connectivity index (χ0v) is 21.0. The summed E-state index contributed by atoms with van der Waals surface area (Å²) in [6.45, 7) is 0. The first-order valence-electron chi connectivity index (χ1n) is 12.9. The van der Waals surface area contributed by atoms with E-state index in [0.717, 1.165) is 0 Å². The van der Waals surface area contributed by atoms with E-state index in [2.05, 4.69) is 156 Å². The van der Waals surface area contributed by atoms with Crippen molar-refractivity contribution in [2.45, 2.75) is 0 Å². The van der Waals surface area contributed by atoms with Crippen molar-refractivity contribution in [3.05, 3.63) is 158 Å². The predicted octanol–water partition coefficient (Wildman–Crippen LogP) is 10.00. The normalized spacial score (nSPS) is 10.6. The van der Waals surface area contributed by atoms with Gasteiger partial charge in [0.05, 0.1) is 0 Å². The topological polar surface area (TPSA) is 31.6 Å². The van der Waals surface area contributed by atoms with Crippen LogP contribution in [0.3, 0.4) is 0 Å². The van der Waals surface area contributed by atoms with E-state index in [9.17, 15) is 0 Å². The molecule has 2 nitrogen and oxygen atoms in total. The van der Waals surface area contributed by atoms with E-state index in [4.69, 9.17) is 0 Å². The standard InChI is InChI=1S/2C12H9N.C12H10/c2*1-3-7-11-9(5-1)10-6-2-4-8-12(10)13-11;1-3-7-11(8-4-1)12-9-5-2-6-10-12/h2*1-8,13H;1-10H. The summed E-state index contributed by atoms with van der Waals surface area (Å²) in [4.78, 5) is 6.76. The molecule has 0 atom stereocenters. The molecule has 182 valence electrons. The van der Waals surface area contributed by atoms with E-state index in [1.54, 1.807) is 0 Å². The molecule has 0 spiro atoms. The van der Waals surface area contributed by atoms with Crippen LogP contribution in [0.25, 0.3) is 54.7 Å². The molecule has 8 aromatic rings. The molecule has 0 bridgehead atoms. The Balaban J connectivity index is 0.000000104. The van der Waals surface area contributed by atoms with Crippen molar-refractivity contribution < 1.29 is 0 Å². The third kappa shape index (κ3) is 4.93. The summed E-state index contributed by atoms with van der Waals surface area (Å²) >= 11 is 0. The van der Waals surface area contributed by atoms with Gasteiger partial charge in [0.15, 0.2) is 0 Å². The summed E-state index contributed by atoms with van der Waals surface area (Å²) in [6, 6.07) is 54.3. The maximum Gasteiger partial charge on any atom is 0.0464 e. The van der Waals surface area contributed by atoms with E-state index in [1.165, 1.54) is 54.7 Å². The van der Waals surface area contributed by atoms with Gasteiger partial charge in [-0.05, 0) is 35.4 Å². The van der Waals surface area contributed by atoms with Crippen LogP contribution >= 0.6 is 0 Å². The minimum Gasteiger partial charge on any atom is -0.355 e. The number of aromatic amines is 2. The lowest BCUT2D eigenvalue weighted by molar-refractivity contribution is 1.55. The number of rotatable bonds is 1. The SMILES string of the molecule is c1ccc(-c2ccccc2)cc1.c1ccc2c(c1)[nH]c1ccccc12.c1ccc2c(c1)[nH]c1ccccc12. The lowest BCUT2D eigenvalue weighted by Gasteiger charge is -1.98. The Labute approximate surface area is 222 Å². The van der Waals surface area contributed by atoms with E-state index in [0.29, 0.717) is 0 Å². The third-order valence-electron chi connectivity index (χ3n) is 6.71. The monoisotopic (exact) mass is 488 g/mol. The molecule has 0 aliphatic rings. The van der Waals surface area contributed by atoms with Crippen molar-refractivity contribution in [3.63, 3.8) is 0 Å². The van der Waals surface area contributed by atoms with Crippen LogP contribution in [0.5, 0.6) is 0 Å². The molecule has 8 rings (SSSR count). The Morgan fingerprint density at radius 1 is 0.237 bits per heavy atom. The molecule has 0 unspecified atom stereocenters. The predicted molar refractivity (Wildman–Crippen MR) is 163 cm³/mol. The van der Waals surface area contributed by atoms with Crippen LogP contribution in [0.4, 0.5) is 0 Å². The van der Waals surface area contributed by atoms with Gasteiger partial charge in [0.1, 0.15) is 0 Å². The minimum absolute atomic E-state index is 1.21. The van der Waals surface area contributed by atoms with E-state index in [1.807, 2.05) is 12.1 Å². The number of para-hydroxylation sites is 4. The second-order valence-corrected chi connectivity index (χ2v) is 9.16. The molecular formula is C36H28N2. The molecule has 0 amide bonds. The third-order valence-corrected chi connectivity index (χ3v) is 6.71. The molecule has 2 aromatic heterocycles.